The van der Waals surface area contributed by atoms with Gasteiger partial charge < -0.3 is 10.1 Å². The van der Waals surface area contributed by atoms with Crippen molar-refractivity contribution < 1.29 is 18.3 Å². The topological polar surface area (TPSA) is 38.3 Å². The van der Waals surface area contributed by atoms with Crippen LogP contribution >= 0.6 is 15.9 Å². The SMILES string of the molecule is Cc1cc(NC(=O)CCOCC(F)F)ccc1Br. The maximum Gasteiger partial charge on any atom is 0.261 e. The first-order chi connectivity index (χ1) is 8.49. The van der Waals surface area contributed by atoms with E-state index >= 15 is 0 Å². The minimum Gasteiger partial charge on any atom is -0.375 e. The van der Waals surface area contributed by atoms with E-state index in [1.165, 1.54) is 0 Å². The Bertz CT molecular complexity index is 413. The van der Waals surface area contributed by atoms with Gasteiger partial charge in [0.2, 0.25) is 5.91 Å². The van der Waals surface area contributed by atoms with Crippen molar-refractivity contribution in [2.75, 3.05) is 18.5 Å². The molecule has 3 nitrogen and oxygen atoms in total. The van der Waals surface area contributed by atoms with E-state index in [-0.39, 0.29) is 18.9 Å². The Balaban J connectivity index is 2.33. The number of hydrogen-bond acceptors (Lipinski definition) is 2. The summed E-state index contributed by atoms with van der Waals surface area (Å²) in [6.07, 6.45) is -2.44. The predicted molar refractivity (Wildman–Crippen MR) is 68.9 cm³/mol. The molecular formula is C12H14BrF2NO2. The molecule has 0 aliphatic rings. The van der Waals surface area contributed by atoms with E-state index < -0.39 is 13.0 Å². The number of ether oxygens (including phenoxy) is 1. The second-order valence-corrected chi connectivity index (χ2v) is 4.58. The molecule has 0 fully saturated rings. The molecule has 0 saturated heterocycles. The zero-order chi connectivity index (χ0) is 13.5. The molecule has 18 heavy (non-hydrogen) atoms. The fourth-order valence-corrected chi connectivity index (χ4v) is 1.53. The number of rotatable bonds is 6. The number of alkyl halides is 2. The molecule has 0 heterocycles. The van der Waals surface area contributed by atoms with Crippen molar-refractivity contribution in [3.63, 3.8) is 0 Å². The molecule has 1 N–H and O–H groups in total. The lowest BCUT2D eigenvalue weighted by Crippen LogP contribution is -2.15. The quantitative estimate of drug-likeness (QED) is 0.816. The van der Waals surface area contributed by atoms with Gasteiger partial charge in [-0.3, -0.25) is 4.79 Å². The second-order valence-electron chi connectivity index (χ2n) is 3.73. The number of hydrogen-bond donors (Lipinski definition) is 1. The van der Waals surface area contributed by atoms with Crippen LogP contribution < -0.4 is 5.32 Å². The minimum absolute atomic E-state index is 0.00825. The predicted octanol–water partition coefficient (Wildman–Crippen LogP) is 3.37. The third-order valence-electron chi connectivity index (χ3n) is 2.16. The van der Waals surface area contributed by atoms with Gasteiger partial charge in [0, 0.05) is 10.2 Å². The highest BCUT2D eigenvalue weighted by molar-refractivity contribution is 9.10. The van der Waals surface area contributed by atoms with Gasteiger partial charge in [-0.15, -0.1) is 0 Å². The molecule has 1 amide bonds. The van der Waals surface area contributed by atoms with Gasteiger partial charge in [0.15, 0.2) is 0 Å². The van der Waals surface area contributed by atoms with Crippen molar-refractivity contribution in [2.24, 2.45) is 0 Å². The molecule has 6 heteroatoms. The first-order valence-corrected chi connectivity index (χ1v) is 6.20. The lowest BCUT2D eigenvalue weighted by molar-refractivity contribution is -0.117. The molecular weight excluding hydrogens is 308 g/mol. The number of carbonyl (C=O) groups is 1. The summed E-state index contributed by atoms with van der Waals surface area (Å²) in [6, 6.07) is 5.41. The summed E-state index contributed by atoms with van der Waals surface area (Å²) < 4.78 is 29.1. The van der Waals surface area contributed by atoms with Crippen LogP contribution in [-0.4, -0.2) is 25.5 Å². The summed E-state index contributed by atoms with van der Waals surface area (Å²) in [5.74, 6) is -0.258. The summed E-state index contributed by atoms with van der Waals surface area (Å²) in [7, 11) is 0. The van der Waals surface area contributed by atoms with Gasteiger partial charge in [-0.1, -0.05) is 15.9 Å². The number of benzene rings is 1. The summed E-state index contributed by atoms with van der Waals surface area (Å²) in [6.45, 7) is 1.27. The fraction of sp³-hybridized carbons (Fsp3) is 0.417. The molecule has 0 bridgehead atoms. The highest BCUT2D eigenvalue weighted by Crippen LogP contribution is 2.20. The molecule has 0 spiro atoms. The van der Waals surface area contributed by atoms with Gasteiger partial charge in [0.25, 0.3) is 6.43 Å². The Labute approximate surface area is 113 Å². The first kappa shape index (κ1) is 15.0. The average Bonchev–Trinajstić information content (AvgIpc) is 2.29. The van der Waals surface area contributed by atoms with Gasteiger partial charge in [-0.2, -0.15) is 0 Å². The third-order valence-corrected chi connectivity index (χ3v) is 3.05. The Kier molecular flexibility index (Phi) is 6.21. The highest BCUT2D eigenvalue weighted by Gasteiger charge is 2.06. The first-order valence-electron chi connectivity index (χ1n) is 5.41. The van der Waals surface area contributed by atoms with Gasteiger partial charge in [0.05, 0.1) is 13.0 Å². The van der Waals surface area contributed by atoms with Crippen molar-refractivity contribution in [3.05, 3.63) is 28.2 Å². The minimum atomic E-state index is -2.50. The van der Waals surface area contributed by atoms with Gasteiger partial charge in [-0.05, 0) is 30.7 Å². The van der Waals surface area contributed by atoms with E-state index in [1.54, 1.807) is 6.07 Å². The molecule has 100 valence electrons. The van der Waals surface area contributed by atoms with Gasteiger partial charge in [-0.25, -0.2) is 8.78 Å². The summed E-state index contributed by atoms with van der Waals surface area (Å²) in [5, 5.41) is 2.67. The van der Waals surface area contributed by atoms with E-state index in [0.717, 1.165) is 10.0 Å². The summed E-state index contributed by atoms with van der Waals surface area (Å²) in [4.78, 5) is 11.5. The number of amides is 1. The molecule has 0 saturated carbocycles. The molecule has 1 aromatic carbocycles. The average molecular weight is 322 g/mol. The molecule has 0 unspecified atom stereocenters. The van der Waals surface area contributed by atoms with E-state index in [1.807, 2.05) is 19.1 Å². The Hall–Kier alpha value is -1.01. The molecule has 0 aromatic heterocycles. The van der Waals surface area contributed by atoms with Gasteiger partial charge >= 0.3 is 0 Å². The smallest absolute Gasteiger partial charge is 0.261 e. The second kappa shape index (κ2) is 7.43. The van der Waals surface area contributed by atoms with Crippen LogP contribution in [0, 0.1) is 6.92 Å². The largest absolute Gasteiger partial charge is 0.375 e. The Morgan fingerprint density at radius 1 is 1.50 bits per heavy atom. The monoisotopic (exact) mass is 321 g/mol. The van der Waals surface area contributed by atoms with Crippen molar-refractivity contribution in [3.8, 4) is 0 Å². The zero-order valence-electron chi connectivity index (χ0n) is 9.88. The van der Waals surface area contributed by atoms with Crippen LogP contribution in [0.4, 0.5) is 14.5 Å². The summed E-state index contributed by atoms with van der Waals surface area (Å²) in [5.41, 5.74) is 1.68. The van der Waals surface area contributed by atoms with Crippen LogP contribution in [0.5, 0.6) is 0 Å². The number of aryl methyl sites for hydroxylation is 1. The van der Waals surface area contributed by atoms with Crippen LogP contribution in [0.3, 0.4) is 0 Å². The van der Waals surface area contributed by atoms with Crippen molar-refractivity contribution in [1.82, 2.24) is 0 Å². The fourth-order valence-electron chi connectivity index (χ4n) is 1.28. The molecule has 0 atom stereocenters. The molecule has 0 aliphatic carbocycles. The third kappa shape index (κ3) is 5.55. The van der Waals surface area contributed by atoms with E-state index in [0.29, 0.717) is 5.69 Å². The van der Waals surface area contributed by atoms with Crippen LogP contribution in [0.15, 0.2) is 22.7 Å². The van der Waals surface area contributed by atoms with Gasteiger partial charge in [0.1, 0.15) is 6.61 Å². The number of anilines is 1. The van der Waals surface area contributed by atoms with Crippen molar-refractivity contribution in [1.29, 1.82) is 0 Å². The van der Waals surface area contributed by atoms with Crippen LogP contribution in [0.1, 0.15) is 12.0 Å². The maximum atomic E-state index is 11.8. The lowest BCUT2D eigenvalue weighted by atomic mass is 10.2. The Morgan fingerprint density at radius 2 is 2.22 bits per heavy atom. The highest BCUT2D eigenvalue weighted by atomic mass is 79.9. The molecule has 0 radical (unpaired) electrons. The lowest BCUT2D eigenvalue weighted by Gasteiger charge is -2.07. The number of halogens is 3. The number of nitrogens with one attached hydrogen (secondary N) is 1. The van der Waals surface area contributed by atoms with Crippen molar-refractivity contribution >= 4 is 27.5 Å². The number of carbonyl (C=O) groups excluding carboxylic acids is 1. The van der Waals surface area contributed by atoms with Crippen molar-refractivity contribution in [2.45, 2.75) is 19.8 Å². The normalized spacial score (nSPS) is 10.7. The zero-order valence-corrected chi connectivity index (χ0v) is 11.5. The van der Waals surface area contributed by atoms with E-state index in [9.17, 15) is 13.6 Å². The summed E-state index contributed by atoms with van der Waals surface area (Å²) >= 11 is 3.36. The van der Waals surface area contributed by atoms with Crippen LogP contribution in [0.2, 0.25) is 0 Å². The van der Waals surface area contributed by atoms with Crippen LogP contribution in [-0.2, 0) is 9.53 Å². The standard InChI is InChI=1S/C12H14BrF2NO2/c1-8-6-9(2-3-10(8)13)16-12(17)4-5-18-7-11(14)15/h2-3,6,11H,4-5,7H2,1H3,(H,16,17). The maximum absolute atomic E-state index is 11.8. The Morgan fingerprint density at radius 3 is 2.83 bits per heavy atom. The van der Waals surface area contributed by atoms with E-state index in [4.69, 9.17) is 0 Å². The molecule has 1 rings (SSSR count). The van der Waals surface area contributed by atoms with Crippen LogP contribution in [0.25, 0.3) is 0 Å². The molecule has 1 aromatic rings. The molecule has 0 aliphatic heterocycles. The van der Waals surface area contributed by atoms with E-state index in [2.05, 4.69) is 26.0 Å².